The first-order chi connectivity index (χ1) is 8.97. The standard InChI is InChI=1S/C15H31N3O/c1-6-18(11-12-19-7-2)10-8-9-15(5,13-16)17-14(3)4/h14,17H,6-12H2,1-5H3. The Morgan fingerprint density at radius 1 is 1.32 bits per heavy atom. The summed E-state index contributed by atoms with van der Waals surface area (Å²) >= 11 is 0. The van der Waals surface area contributed by atoms with E-state index in [1.54, 1.807) is 0 Å². The van der Waals surface area contributed by atoms with Crippen LogP contribution < -0.4 is 5.32 Å². The minimum absolute atomic E-state index is 0.338. The van der Waals surface area contributed by atoms with Crippen molar-refractivity contribution in [3.8, 4) is 6.07 Å². The van der Waals surface area contributed by atoms with Gasteiger partial charge in [-0.2, -0.15) is 5.26 Å². The molecule has 0 aromatic carbocycles. The molecule has 0 spiro atoms. The summed E-state index contributed by atoms with van der Waals surface area (Å²) < 4.78 is 5.38. The van der Waals surface area contributed by atoms with Gasteiger partial charge in [0, 0.05) is 19.2 Å². The van der Waals surface area contributed by atoms with Gasteiger partial charge in [-0.1, -0.05) is 6.92 Å². The number of nitrogens with zero attached hydrogens (tertiary/aromatic N) is 2. The zero-order chi connectivity index (χ0) is 14.7. The van der Waals surface area contributed by atoms with Crippen LogP contribution in [0.15, 0.2) is 0 Å². The van der Waals surface area contributed by atoms with Gasteiger partial charge >= 0.3 is 0 Å². The summed E-state index contributed by atoms with van der Waals surface area (Å²) in [5, 5.41) is 12.6. The van der Waals surface area contributed by atoms with Crippen LogP contribution in [0.25, 0.3) is 0 Å². The molecule has 0 bridgehead atoms. The van der Waals surface area contributed by atoms with Gasteiger partial charge in [0.15, 0.2) is 0 Å². The predicted octanol–water partition coefficient (Wildman–Crippen LogP) is 2.41. The Morgan fingerprint density at radius 3 is 2.47 bits per heavy atom. The van der Waals surface area contributed by atoms with Crippen molar-refractivity contribution in [1.82, 2.24) is 10.2 Å². The molecule has 19 heavy (non-hydrogen) atoms. The first kappa shape index (κ1) is 18.4. The highest BCUT2D eigenvalue weighted by Gasteiger charge is 2.23. The zero-order valence-electron chi connectivity index (χ0n) is 13.3. The van der Waals surface area contributed by atoms with Gasteiger partial charge in [-0.05, 0) is 53.6 Å². The lowest BCUT2D eigenvalue weighted by atomic mass is 9.96. The predicted molar refractivity (Wildman–Crippen MR) is 80.1 cm³/mol. The molecule has 0 aromatic heterocycles. The molecule has 112 valence electrons. The maximum atomic E-state index is 9.28. The van der Waals surface area contributed by atoms with Gasteiger partial charge in [0.25, 0.3) is 0 Å². The summed E-state index contributed by atoms with van der Waals surface area (Å²) in [4.78, 5) is 2.38. The maximum absolute atomic E-state index is 9.28. The second-order valence-corrected chi connectivity index (χ2v) is 5.48. The molecule has 4 heteroatoms. The molecule has 0 saturated heterocycles. The third kappa shape index (κ3) is 8.99. The van der Waals surface area contributed by atoms with E-state index in [-0.39, 0.29) is 0 Å². The van der Waals surface area contributed by atoms with E-state index in [2.05, 4.69) is 37.1 Å². The second-order valence-electron chi connectivity index (χ2n) is 5.48. The Hall–Kier alpha value is -0.630. The fourth-order valence-corrected chi connectivity index (χ4v) is 2.22. The molecule has 1 N–H and O–H groups in total. The highest BCUT2D eigenvalue weighted by Crippen LogP contribution is 2.13. The molecule has 1 unspecified atom stereocenters. The summed E-state index contributed by atoms with van der Waals surface area (Å²) in [5.74, 6) is 0. The van der Waals surface area contributed by atoms with Gasteiger partial charge in [0.1, 0.15) is 5.54 Å². The summed E-state index contributed by atoms with van der Waals surface area (Å²) in [6.07, 6.45) is 1.91. The SMILES string of the molecule is CCOCCN(CC)CCCC(C)(C#N)NC(C)C. The van der Waals surface area contributed by atoms with E-state index in [1.807, 2.05) is 13.8 Å². The van der Waals surface area contributed by atoms with Gasteiger partial charge in [0.2, 0.25) is 0 Å². The van der Waals surface area contributed by atoms with Crippen LogP contribution in [0, 0.1) is 11.3 Å². The van der Waals surface area contributed by atoms with Crippen LogP contribution in [-0.2, 0) is 4.74 Å². The highest BCUT2D eigenvalue weighted by atomic mass is 16.5. The van der Waals surface area contributed by atoms with Crippen molar-refractivity contribution in [1.29, 1.82) is 5.26 Å². The van der Waals surface area contributed by atoms with Gasteiger partial charge in [0.05, 0.1) is 12.7 Å². The van der Waals surface area contributed by atoms with Crippen molar-refractivity contribution < 1.29 is 4.74 Å². The topological polar surface area (TPSA) is 48.3 Å². The average molecular weight is 269 g/mol. The molecule has 0 aliphatic heterocycles. The van der Waals surface area contributed by atoms with E-state index in [1.165, 1.54) is 0 Å². The minimum Gasteiger partial charge on any atom is -0.380 e. The summed E-state index contributed by atoms with van der Waals surface area (Å²) in [6.45, 7) is 15.0. The minimum atomic E-state index is -0.409. The molecule has 0 aromatic rings. The Morgan fingerprint density at radius 2 is 2.00 bits per heavy atom. The number of hydrogen-bond donors (Lipinski definition) is 1. The van der Waals surface area contributed by atoms with Gasteiger partial charge in [-0.3, -0.25) is 5.32 Å². The summed E-state index contributed by atoms with van der Waals surface area (Å²) in [5.41, 5.74) is -0.409. The van der Waals surface area contributed by atoms with Crippen LogP contribution in [-0.4, -0.2) is 49.3 Å². The van der Waals surface area contributed by atoms with Crippen molar-refractivity contribution >= 4 is 0 Å². The molecule has 0 amide bonds. The molecule has 1 atom stereocenters. The fraction of sp³-hybridized carbons (Fsp3) is 0.933. The van der Waals surface area contributed by atoms with Crippen molar-refractivity contribution in [3.05, 3.63) is 0 Å². The molecule has 0 radical (unpaired) electrons. The first-order valence-electron chi connectivity index (χ1n) is 7.46. The van der Waals surface area contributed by atoms with E-state index < -0.39 is 5.54 Å². The third-order valence-electron chi connectivity index (χ3n) is 3.21. The molecule has 0 aliphatic rings. The van der Waals surface area contributed by atoms with E-state index in [9.17, 15) is 5.26 Å². The Balaban J connectivity index is 3.99. The number of hydrogen-bond acceptors (Lipinski definition) is 4. The van der Waals surface area contributed by atoms with Crippen LogP contribution in [0.4, 0.5) is 0 Å². The third-order valence-corrected chi connectivity index (χ3v) is 3.21. The molecule has 0 fully saturated rings. The van der Waals surface area contributed by atoms with Crippen molar-refractivity contribution in [2.75, 3.05) is 32.8 Å². The Kier molecular flexibility index (Phi) is 9.85. The Bertz CT molecular complexity index is 263. The van der Waals surface area contributed by atoms with Gasteiger partial charge in [-0.15, -0.1) is 0 Å². The monoisotopic (exact) mass is 269 g/mol. The van der Waals surface area contributed by atoms with Crippen LogP contribution >= 0.6 is 0 Å². The summed E-state index contributed by atoms with van der Waals surface area (Å²) in [7, 11) is 0. The van der Waals surface area contributed by atoms with Gasteiger partial charge in [-0.25, -0.2) is 0 Å². The molecular weight excluding hydrogens is 238 g/mol. The van der Waals surface area contributed by atoms with E-state index in [0.29, 0.717) is 6.04 Å². The number of ether oxygens (including phenoxy) is 1. The Labute approximate surface area is 119 Å². The fourth-order valence-electron chi connectivity index (χ4n) is 2.22. The first-order valence-corrected chi connectivity index (χ1v) is 7.46. The van der Waals surface area contributed by atoms with Crippen LogP contribution in [0.2, 0.25) is 0 Å². The highest BCUT2D eigenvalue weighted by molar-refractivity contribution is 5.04. The van der Waals surface area contributed by atoms with Gasteiger partial charge < -0.3 is 9.64 Å². The normalized spacial score (nSPS) is 14.6. The number of likely N-dealkylation sites (N-methyl/N-ethyl adjacent to an activating group) is 1. The molecule has 4 nitrogen and oxygen atoms in total. The zero-order valence-corrected chi connectivity index (χ0v) is 13.3. The lowest BCUT2D eigenvalue weighted by Gasteiger charge is -2.27. The molecule has 0 heterocycles. The number of rotatable bonds is 11. The molecular formula is C15H31N3O. The smallest absolute Gasteiger partial charge is 0.104 e. The lowest BCUT2D eigenvalue weighted by Crippen LogP contribution is -2.45. The number of nitriles is 1. The molecule has 0 rings (SSSR count). The number of nitrogens with one attached hydrogen (secondary N) is 1. The largest absolute Gasteiger partial charge is 0.380 e. The van der Waals surface area contributed by atoms with Crippen molar-refractivity contribution in [2.45, 2.75) is 59.0 Å². The maximum Gasteiger partial charge on any atom is 0.104 e. The van der Waals surface area contributed by atoms with Crippen LogP contribution in [0.5, 0.6) is 0 Å². The van der Waals surface area contributed by atoms with Crippen LogP contribution in [0.1, 0.15) is 47.5 Å². The molecule has 0 saturated carbocycles. The van der Waals surface area contributed by atoms with Crippen LogP contribution in [0.3, 0.4) is 0 Å². The second kappa shape index (κ2) is 10.2. The quantitative estimate of drug-likeness (QED) is 0.585. The molecule has 0 aliphatic carbocycles. The van der Waals surface area contributed by atoms with E-state index >= 15 is 0 Å². The average Bonchev–Trinajstić information content (AvgIpc) is 2.36. The summed E-state index contributed by atoms with van der Waals surface area (Å²) in [6, 6.07) is 2.74. The van der Waals surface area contributed by atoms with E-state index in [0.717, 1.165) is 45.7 Å². The van der Waals surface area contributed by atoms with E-state index in [4.69, 9.17) is 4.74 Å². The lowest BCUT2D eigenvalue weighted by molar-refractivity contribution is 0.114. The van der Waals surface area contributed by atoms with Crippen molar-refractivity contribution in [2.24, 2.45) is 0 Å². The van der Waals surface area contributed by atoms with Crippen molar-refractivity contribution in [3.63, 3.8) is 0 Å².